The molecule has 0 spiro atoms. The monoisotopic (exact) mass is 297 g/mol. The highest BCUT2D eigenvalue weighted by Crippen LogP contribution is 2.23. The molecule has 5 heteroatoms. The van der Waals surface area contributed by atoms with Gasteiger partial charge in [0.1, 0.15) is 0 Å². The Morgan fingerprint density at radius 2 is 2.13 bits per heavy atom. The molecule has 0 saturated heterocycles. The minimum absolute atomic E-state index is 0.223. The summed E-state index contributed by atoms with van der Waals surface area (Å²) in [7, 11) is 1.52. The van der Waals surface area contributed by atoms with Gasteiger partial charge in [0, 0.05) is 9.50 Å². The number of alkyl halides is 2. The molecule has 0 aliphatic carbocycles. The van der Waals surface area contributed by atoms with Gasteiger partial charge in [-0.3, -0.25) is 0 Å². The Morgan fingerprint density at radius 3 is 2.60 bits per heavy atom. The van der Waals surface area contributed by atoms with Crippen molar-refractivity contribution in [3.8, 4) is 0 Å². The molecule has 84 valence electrons. The molecule has 0 aliphatic rings. The van der Waals surface area contributed by atoms with Gasteiger partial charge in [-0.2, -0.15) is 0 Å². The highest BCUT2D eigenvalue weighted by Gasteiger charge is 2.19. The van der Waals surface area contributed by atoms with Crippen LogP contribution in [0, 0.1) is 0 Å². The van der Waals surface area contributed by atoms with E-state index in [1.54, 1.807) is 18.2 Å². The molecule has 1 N–H and O–H groups in total. The zero-order valence-corrected chi connectivity index (χ0v) is 10.4. The smallest absolute Gasteiger partial charge is 0.254 e. The number of hydrogen-bond donors (Lipinski definition) is 1. The van der Waals surface area contributed by atoms with Crippen molar-refractivity contribution in [2.45, 2.75) is 18.9 Å². The molecule has 1 aromatic rings. The molecule has 0 amide bonds. The predicted molar refractivity (Wildman–Crippen MR) is 61.7 cm³/mol. The Kier molecular flexibility index (Phi) is 4.96. The van der Waals surface area contributed by atoms with E-state index in [1.807, 2.05) is 0 Å². The molecule has 0 radical (unpaired) electrons. The maximum atomic E-state index is 12.5. The van der Waals surface area contributed by atoms with E-state index in [4.69, 9.17) is 11.6 Å². The Bertz CT molecular complexity index is 333. The van der Waals surface area contributed by atoms with E-state index in [9.17, 15) is 8.78 Å². The number of benzene rings is 1. The van der Waals surface area contributed by atoms with Crippen molar-refractivity contribution < 1.29 is 8.78 Å². The normalized spacial score (nSPS) is 13.2. The summed E-state index contributed by atoms with van der Waals surface area (Å²) in [5, 5.41) is 3.08. The van der Waals surface area contributed by atoms with Crippen LogP contribution >= 0.6 is 27.5 Å². The topological polar surface area (TPSA) is 12.0 Å². The lowest BCUT2D eigenvalue weighted by atomic mass is 10.1. The Hall–Kier alpha value is -0.190. The van der Waals surface area contributed by atoms with Crippen molar-refractivity contribution in [3.05, 3.63) is 33.3 Å². The van der Waals surface area contributed by atoms with Gasteiger partial charge in [0.05, 0.1) is 6.04 Å². The number of hydrogen-bond acceptors (Lipinski definition) is 1. The van der Waals surface area contributed by atoms with E-state index in [2.05, 4.69) is 21.2 Å². The van der Waals surface area contributed by atoms with Crippen LogP contribution < -0.4 is 5.32 Å². The summed E-state index contributed by atoms with van der Waals surface area (Å²) < 4.78 is 25.8. The predicted octanol–water partition coefficient (Wildman–Crippen LogP) is 3.50. The fourth-order valence-electron chi connectivity index (χ4n) is 1.24. The van der Waals surface area contributed by atoms with Crippen molar-refractivity contribution in [2.75, 3.05) is 7.05 Å². The second-order valence-electron chi connectivity index (χ2n) is 3.17. The van der Waals surface area contributed by atoms with Crippen LogP contribution in [-0.4, -0.2) is 19.5 Å². The molecule has 0 aromatic heterocycles. The highest BCUT2D eigenvalue weighted by atomic mass is 79.9. The molecule has 0 aliphatic heterocycles. The third-order valence-electron chi connectivity index (χ3n) is 2.13. The standard InChI is InChI=1S/C10H11BrClF2N/c1-15-9(10(13)14)4-6-2-3-7(11)5-8(6)12/h2-3,5,9-10,15H,4H2,1H3. The average Bonchev–Trinajstić information content (AvgIpc) is 2.16. The molecular weight excluding hydrogens is 287 g/mol. The van der Waals surface area contributed by atoms with Gasteiger partial charge in [-0.25, -0.2) is 8.78 Å². The van der Waals surface area contributed by atoms with Crippen LogP contribution in [0.15, 0.2) is 22.7 Å². The lowest BCUT2D eigenvalue weighted by Gasteiger charge is -2.15. The van der Waals surface area contributed by atoms with Crippen LogP contribution in [-0.2, 0) is 6.42 Å². The summed E-state index contributed by atoms with van der Waals surface area (Å²) in [6, 6.07) is 4.39. The molecule has 0 heterocycles. The zero-order valence-electron chi connectivity index (χ0n) is 8.11. The van der Waals surface area contributed by atoms with Crippen LogP contribution in [0.5, 0.6) is 0 Å². The third kappa shape index (κ3) is 3.70. The second-order valence-corrected chi connectivity index (χ2v) is 4.49. The third-order valence-corrected chi connectivity index (χ3v) is 2.97. The van der Waals surface area contributed by atoms with Gasteiger partial charge >= 0.3 is 0 Å². The molecule has 0 saturated carbocycles. The molecule has 1 atom stereocenters. The minimum atomic E-state index is -2.39. The summed E-state index contributed by atoms with van der Waals surface area (Å²) in [6.45, 7) is 0. The van der Waals surface area contributed by atoms with Crippen LogP contribution in [0.4, 0.5) is 8.78 Å². The largest absolute Gasteiger partial charge is 0.312 e. The Morgan fingerprint density at radius 1 is 1.47 bits per heavy atom. The molecule has 1 aromatic carbocycles. The van der Waals surface area contributed by atoms with Crippen LogP contribution in [0.25, 0.3) is 0 Å². The van der Waals surface area contributed by atoms with E-state index in [0.717, 1.165) is 10.0 Å². The van der Waals surface area contributed by atoms with Gasteiger partial charge in [0.15, 0.2) is 0 Å². The molecule has 0 bridgehead atoms. The fraction of sp³-hybridized carbons (Fsp3) is 0.400. The lowest BCUT2D eigenvalue weighted by Crippen LogP contribution is -2.34. The van der Waals surface area contributed by atoms with Crippen molar-refractivity contribution in [1.82, 2.24) is 5.32 Å². The summed E-state index contributed by atoms with van der Waals surface area (Å²) in [5.41, 5.74) is 0.722. The fourth-order valence-corrected chi connectivity index (χ4v) is 1.99. The summed E-state index contributed by atoms with van der Waals surface area (Å²) in [6.07, 6.45) is -2.17. The van der Waals surface area contributed by atoms with Crippen molar-refractivity contribution >= 4 is 27.5 Å². The maximum absolute atomic E-state index is 12.5. The van der Waals surface area contributed by atoms with Gasteiger partial charge in [-0.05, 0) is 31.2 Å². The molecule has 1 unspecified atom stereocenters. The summed E-state index contributed by atoms with van der Waals surface area (Å²) in [5.74, 6) is 0. The molecular formula is C10H11BrClF2N. The Labute approximate surface area is 101 Å². The first-order chi connectivity index (χ1) is 7.04. The van der Waals surface area contributed by atoms with Crippen LogP contribution in [0.1, 0.15) is 5.56 Å². The SMILES string of the molecule is CNC(Cc1ccc(Br)cc1Cl)C(F)F. The van der Waals surface area contributed by atoms with E-state index < -0.39 is 12.5 Å². The van der Waals surface area contributed by atoms with Gasteiger partial charge in [0.25, 0.3) is 6.43 Å². The van der Waals surface area contributed by atoms with Gasteiger partial charge in [0.2, 0.25) is 0 Å². The van der Waals surface area contributed by atoms with Crippen molar-refractivity contribution in [1.29, 1.82) is 0 Å². The molecule has 0 fully saturated rings. The average molecular weight is 299 g/mol. The van der Waals surface area contributed by atoms with Gasteiger partial charge < -0.3 is 5.32 Å². The number of nitrogens with one attached hydrogen (secondary N) is 1. The van der Waals surface area contributed by atoms with E-state index >= 15 is 0 Å². The van der Waals surface area contributed by atoms with Crippen LogP contribution in [0.3, 0.4) is 0 Å². The first-order valence-electron chi connectivity index (χ1n) is 4.44. The first-order valence-corrected chi connectivity index (χ1v) is 5.61. The number of halogens is 4. The summed E-state index contributed by atoms with van der Waals surface area (Å²) >= 11 is 9.19. The Balaban J connectivity index is 2.79. The van der Waals surface area contributed by atoms with Gasteiger partial charge in [-0.1, -0.05) is 33.6 Å². The zero-order chi connectivity index (χ0) is 11.4. The number of rotatable bonds is 4. The maximum Gasteiger partial charge on any atom is 0.254 e. The molecule has 15 heavy (non-hydrogen) atoms. The van der Waals surface area contributed by atoms with Crippen molar-refractivity contribution in [2.24, 2.45) is 0 Å². The van der Waals surface area contributed by atoms with E-state index in [0.29, 0.717) is 5.02 Å². The van der Waals surface area contributed by atoms with E-state index in [-0.39, 0.29) is 6.42 Å². The first kappa shape index (κ1) is 12.9. The van der Waals surface area contributed by atoms with Crippen molar-refractivity contribution in [3.63, 3.8) is 0 Å². The summed E-state index contributed by atoms with van der Waals surface area (Å²) in [4.78, 5) is 0. The quantitative estimate of drug-likeness (QED) is 0.897. The van der Waals surface area contributed by atoms with Gasteiger partial charge in [-0.15, -0.1) is 0 Å². The highest BCUT2D eigenvalue weighted by molar-refractivity contribution is 9.10. The second kappa shape index (κ2) is 5.77. The molecule has 1 nitrogen and oxygen atoms in total. The van der Waals surface area contributed by atoms with E-state index in [1.165, 1.54) is 7.05 Å². The minimum Gasteiger partial charge on any atom is -0.312 e. The lowest BCUT2D eigenvalue weighted by molar-refractivity contribution is 0.102. The molecule has 1 rings (SSSR count). The number of likely N-dealkylation sites (N-methyl/N-ethyl adjacent to an activating group) is 1. The van der Waals surface area contributed by atoms with Crippen LogP contribution in [0.2, 0.25) is 5.02 Å².